The zero-order valence-electron chi connectivity index (χ0n) is 10.5. The molecule has 4 heteroatoms. The molecule has 0 amide bonds. The SMILES string of the molecule is NNC(CC1CCCCC1)c1ccc(F)cc1Cl. The zero-order chi connectivity index (χ0) is 13.0. The molecule has 0 heterocycles. The summed E-state index contributed by atoms with van der Waals surface area (Å²) in [6.45, 7) is 0. The first-order valence-corrected chi connectivity index (χ1v) is 6.99. The molecule has 0 aliphatic heterocycles. The normalized spacial score (nSPS) is 18.8. The highest BCUT2D eigenvalue weighted by molar-refractivity contribution is 6.31. The molecule has 1 fully saturated rings. The summed E-state index contributed by atoms with van der Waals surface area (Å²) < 4.78 is 13.0. The number of hydrazine groups is 1. The lowest BCUT2D eigenvalue weighted by molar-refractivity contribution is 0.301. The van der Waals surface area contributed by atoms with Crippen LogP contribution in [-0.2, 0) is 0 Å². The molecule has 1 aromatic rings. The Balaban J connectivity index is 2.07. The summed E-state index contributed by atoms with van der Waals surface area (Å²) in [6.07, 6.45) is 7.45. The molecule has 0 bridgehead atoms. The van der Waals surface area contributed by atoms with E-state index < -0.39 is 0 Å². The van der Waals surface area contributed by atoms with Gasteiger partial charge in [-0.3, -0.25) is 11.3 Å². The Kier molecular flexibility index (Phi) is 4.98. The third kappa shape index (κ3) is 3.44. The smallest absolute Gasteiger partial charge is 0.124 e. The molecular weight excluding hydrogens is 251 g/mol. The third-order valence-corrected chi connectivity index (χ3v) is 4.16. The number of hydrogen-bond acceptors (Lipinski definition) is 2. The van der Waals surface area contributed by atoms with E-state index in [0.29, 0.717) is 10.9 Å². The summed E-state index contributed by atoms with van der Waals surface area (Å²) in [5, 5.41) is 0.453. The summed E-state index contributed by atoms with van der Waals surface area (Å²) >= 11 is 6.09. The molecule has 1 atom stereocenters. The second kappa shape index (κ2) is 6.50. The van der Waals surface area contributed by atoms with Crippen LogP contribution >= 0.6 is 11.6 Å². The van der Waals surface area contributed by atoms with Crippen LogP contribution in [0.4, 0.5) is 4.39 Å². The molecule has 2 rings (SSSR count). The van der Waals surface area contributed by atoms with E-state index in [4.69, 9.17) is 17.4 Å². The van der Waals surface area contributed by atoms with Crippen LogP contribution in [0, 0.1) is 11.7 Å². The van der Waals surface area contributed by atoms with E-state index in [1.165, 1.54) is 44.2 Å². The Bertz CT molecular complexity index is 391. The van der Waals surface area contributed by atoms with Crippen LogP contribution in [0.2, 0.25) is 5.02 Å². The molecule has 1 unspecified atom stereocenters. The second-order valence-electron chi connectivity index (χ2n) is 5.12. The monoisotopic (exact) mass is 270 g/mol. The highest BCUT2D eigenvalue weighted by Gasteiger charge is 2.21. The van der Waals surface area contributed by atoms with Crippen molar-refractivity contribution in [2.45, 2.75) is 44.6 Å². The minimum Gasteiger partial charge on any atom is -0.271 e. The highest BCUT2D eigenvalue weighted by atomic mass is 35.5. The lowest BCUT2D eigenvalue weighted by Crippen LogP contribution is -2.30. The Morgan fingerprint density at radius 1 is 1.33 bits per heavy atom. The summed E-state index contributed by atoms with van der Waals surface area (Å²) in [6, 6.07) is 4.53. The van der Waals surface area contributed by atoms with Gasteiger partial charge >= 0.3 is 0 Å². The number of nitrogens with one attached hydrogen (secondary N) is 1. The van der Waals surface area contributed by atoms with Crippen LogP contribution in [0.1, 0.15) is 50.1 Å². The summed E-state index contributed by atoms with van der Waals surface area (Å²) in [4.78, 5) is 0. The van der Waals surface area contributed by atoms with Crippen molar-refractivity contribution in [1.82, 2.24) is 5.43 Å². The molecule has 0 aromatic heterocycles. The number of halogens is 2. The molecule has 1 aromatic carbocycles. The van der Waals surface area contributed by atoms with Gasteiger partial charge in [0.15, 0.2) is 0 Å². The maximum Gasteiger partial charge on any atom is 0.124 e. The van der Waals surface area contributed by atoms with Gasteiger partial charge in [0, 0.05) is 11.1 Å². The van der Waals surface area contributed by atoms with Gasteiger partial charge < -0.3 is 0 Å². The summed E-state index contributed by atoms with van der Waals surface area (Å²) in [5.41, 5.74) is 3.71. The number of nitrogens with two attached hydrogens (primary N) is 1. The van der Waals surface area contributed by atoms with Crippen LogP contribution in [-0.4, -0.2) is 0 Å². The number of hydrogen-bond donors (Lipinski definition) is 2. The van der Waals surface area contributed by atoms with Crippen molar-refractivity contribution in [2.24, 2.45) is 11.8 Å². The maximum absolute atomic E-state index is 13.0. The molecule has 1 aliphatic rings. The number of rotatable bonds is 4. The minimum absolute atomic E-state index is 0.0150. The molecule has 1 aliphatic carbocycles. The molecule has 2 nitrogen and oxygen atoms in total. The lowest BCUT2D eigenvalue weighted by atomic mass is 9.83. The molecule has 100 valence electrons. The Labute approximate surface area is 113 Å². The maximum atomic E-state index is 13.0. The summed E-state index contributed by atoms with van der Waals surface area (Å²) in [5.74, 6) is 6.01. The molecule has 0 saturated heterocycles. The van der Waals surface area contributed by atoms with Gasteiger partial charge in [-0.15, -0.1) is 0 Å². The Hall–Kier alpha value is -0.640. The predicted molar refractivity (Wildman–Crippen MR) is 72.7 cm³/mol. The lowest BCUT2D eigenvalue weighted by Gasteiger charge is -2.26. The topological polar surface area (TPSA) is 38.0 Å². The molecule has 18 heavy (non-hydrogen) atoms. The summed E-state index contributed by atoms with van der Waals surface area (Å²) in [7, 11) is 0. The van der Waals surface area contributed by atoms with Gasteiger partial charge in [-0.05, 0) is 30.0 Å². The van der Waals surface area contributed by atoms with Gasteiger partial charge in [0.05, 0.1) is 0 Å². The van der Waals surface area contributed by atoms with E-state index in [9.17, 15) is 4.39 Å². The fourth-order valence-corrected chi connectivity index (χ4v) is 3.12. The fraction of sp³-hybridized carbons (Fsp3) is 0.571. The van der Waals surface area contributed by atoms with E-state index in [0.717, 1.165) is 12.0 Å². The van der Waals surface area contributed by atoms with Gasteiger partial charge in [0.1, 0.15) is 5.82 Å². The molecule has 0 spiro atoms. The molecule has 3 N–H and O–H groups in total. The zero-order valence-corrected chi connectivity index (χ0v) is 11.2. The second-order valence-corrected chi connectivity index (χ2v) is 5.53. The van der Waals surface area contributed by atoms with Crippen molar-refractivity contribution in [3.05, 3.63) is 34.6 Å². The van der Waals surface area contributed by atoms with Crippen molar-refractivity contribution < 1.29 is 4.39 Å². The quantitative estimate of drug-likeness (QED) is 0.642. The molecule has 0 radical (unpaired) electrons. The van der Waals surface area contributed by atoms with Crippen LogP contribution in [0.3, 0.4) is 0 Å². The Morgan fingerprint density at radius 2 is 2.06 bits per heavy atom. The van der Waals surface area contributed by atoms with E-state index in [2.05, 4.69) is 5.43 Å². The molecular formula is C14H20ClFN2. The van der Waals surface area contributed by atoms with Gasteiger partial charge in [-0.25, -0.2) is 4.39 Å². The first-order chi connectivity index (χ1) is 8.70. The highest BCUT2D eigenvalue weighted by Crippen LogP contribution is 2.33. The van der Waals surface area contributed by atoms with Gasteiger partial charge in [0.25, 0.3) is 0 Å². The van der Waals surface area contributed by atoms with Crippen molar-refractivity contribution in [3.63, 3.8) is 0 Å². The third-order valence-electron chi connectivity index (χ3n) is 3.83. The van der Waals surface area contributed by atoms with Crippen molar-refractivity contribution in [1.29, 1.82) is 0 Å². The van der Waals surface area contributed by atoms with E-state index in [1.807, 2.05) is 0 Å². The van der Waals surface area contributed by atoms with Crippen molar-refractivity contribution in [2.75, 3.05) is 0 Å². The van der Waals surface area contributed by atoms with E-state index in [-0.39, 0.29) is 11.9 Å². The van der Waals surface area contributed by atoms with Gasteiger partial charge in [0.2, 0.25) is 0 Å². The van der Waals surface area contributed by atoms with Crippen LogP contribution < -0.4 is 11.3 Å². The Morgan fingerprint density at radius 3 is 2.67 bits per heavy atom. The minimum atomic E-state index is -0.308. The van der Waals surface area contributed by atoms with Crippen molar-refractivity contribution in [3.8, 4) is 0 Å². The van der Waals surface area contributed by atoms with Gasteiger partial charge in [-0.2, -0.15) is 0 Å². The average Bonchev–Trinajstić information content (AvgIpc) is 2.38. The predicted octanol–water partition coefficient (Wildman–Crippen LogP) is 3.95. The number of benzene rings is 1. The van der Waals surface area contributed by atoms with Crippen LogP contribution in [0.5, 0.6) is 0 Å². The van der Waals surface area contributed by atoms with E-state index in [1.54, 1.807) is 6.07 Å². The largest absolute Gasteiger partial charge is 0.271 e. The van der Waals surface area contributed by atoms with Crippen LogP contribution in [0.15, 0.2) is 18.2 Å². The average molecular weight is 271 g/mol. The standard InChI is InChI=1S/C14H20ClFN2/c15-13-9-11(16)6-7-12(13)14(18-17)8-10-4-2-1-3-5-10/h6-7,9-10,14,18H,1-5,8,17H2. The van der Waals surface area contributed by atoms with E-state index >= 15 is 0 Å². The van der Waals surface area contributed by atoms with Gasteiger partial charge in [-0.1, -0.05) is 49.8 Å². The van der Waals surface area contributed by atoms with Crippen molar-refractivity contribution >= 4 is 11.6 Å². The first-order valence-electron chi connectivity index (χ1n) is 6.62. The van der Waals surface area contributed by atoms with Crippen LogP contribution in [0.25, 0.3) is 0 Å². The molecule has 1 saturated carbocycles. The first kappa shape index (κ1) is 13.8. The fourth-order valence-electron chi connectivity index (χ4n) is 2.83.